The minimum Gasteiger partial charge on any atom is -0.369 e. The molecule has 2 unspecified atom stereocenters. The number of allylic oxidation sites excluding steroid dienone is 1. The first-order chi connectivity index (χ1) is 8.38. The number of ether oxygens (including phenoxy) is 1. The predicted octanol–water partition coefficient (Wildman–Crippen LogP) is 5.25. The van der Waals surface area contributed by atoms with E-state index in [4.69, 9.17) is 4.74 Å². The molecule has 1 heterocycles. The maximum atomic E-state index is 5.67. The molecule has 0 aromatic heterocycles. The number of unbranched alkanes of at least 4 members (excludes halogenated alkanes) is 6. The Morgan fingerprint density at radius 1 is 0.824 bits per heavy atom. The Labute approximate surface area is 108 Å². The van der Waals surface area contributed by atoms with Crippen LogP contribution < -0.4 is 0 Å². The van der Waals surface area contributed by atoms with Gasteiger partial charge in [-0.3, -0.25) is 0 Å². The fourth-order valence-corrected chi connectivity index (χ4v) is 2.28. The van der Waals surface area contributed by atoms with Gasteiger partial charge < -0.3 is 4.74 Å². The molecule has 0 amide bonds. The van der Waals surface area contributed by atoms with E-state index in [0.717, 1.165) is 6.42 Å². The van der Waals surface area contributed by atoms with Gasteiger partial charge in [0, 0.05) is 0 Å². The Morgan fingerprint density at radius 3 is 2.35 bits per heavy atom. The van der Waals surface area contributed by atoms with Crippen LogP contribution in [0.25, 0.3) is 0 Å². The van der Waals surface area contributed by atoms with Gasteiger partial charge in [0.05, 0.1) is 12.2 Å². The smallest absolute Gasteiger partial charge is 0.0876 e. The highest BCUT2D eigenvalue weighted by Gasteiger charge is 2.36. The summed E-state index contributed by atoms with van der Waals surface area (Å²) in [5, 5.41) is 0. The molecule has 2 atom stereocenters. The summed E-state index contributed by atoms with van der Waals surface area (Å²) in [7, 11) is 0. The zero-order valence-electron chi connectivity index (χ0n) is 11.8. The molecule has 0 radical (unpaired) electrons. The van der Waals surface area contributed by atoms with E-state index in [9.17, 15) is 0 Å². The second kappa shape index (κ2) is 9.70. The third-order valence-corrected chi connectivity index (χ3v) is 3.52. The van der Waals surface area contributed by atoms with Gasteiger partial charge in [0.1, 0.15) is 0 Å². The highest BCUT2D eigenvalue weighted by Crippen LogP contribution is 2.30. The summed E-state index contributed by atoms with van der Waals surface area (Å²) in [4.78, 5) is 0. The van der Waals surface area contributed by atoms with Crippen LogP contribution in [0.5, 0.6) is 0 Å². The maximum Gasteiger partial charge on any atom is 0.0876 e. The summed E-state index contributed by atoms with van der Waals surface area (Å²) in [6.07, 6.45) is 19.0. The van der Waals surface area contributed by atoms with Crippen LogP contribution in [0.15, 0.2) is 12.2 Å². The first-order valence-electron chi connectivity index (χ1n) is 7.69. The predicted molar refractivity (Wildman–Crippen MR) is 75.3 cm³/mol. The Bertz CT molecular complexity index is 198. The molecule has 0 aromatic carbocycles. The largest absolute Gasteiger partial charge is 0.369 e. The molecular formula is C16H30O. The molecule has 0 spiro atoms. The molecule has 0 aromatic rings. The fraction of sp³-hybridized carbons (Fsp3) is 0.875. The minimum absolute atomic E-state index is 0.554. The van der Waals surface area contributed by atoms with Gasteiger partial charge in [-0.2, -0.15) is 0 Å². The van der Waals surface area contributed by atoms with Crippen LogP contribution in [-0.4, -0.2) is 12.2 Å². The van der Waals surface area contributed by atoms with Crippen LogP contribution in [0.4, 0.5) is 0 Å². The lowest BCUT2D eigenvalue weighted by molar-refractivity contribution is 0.358. The molecule has 100 valence electrons. The number of rotatable bonds is 11. The molecule has 1 saturated heterocycles. The zero-order valence-corrected chi connectivity index (χ0v) is 11.8. The van der Waals surface area contributed by atoms with Crippen molar-refractivity contribution < 1.29 is 4.74 Å². The summed E-state index contributed by atoms with van der Waals surface area (Å²) >= 11 is 0. The van der Waals surface area contributed by atoms with Crippen molar-refractivity contribution in [2.24, 2.45) is 0 Å². The number of epoxide rings is 1. The van der Waals surface area contributed by atoms with Gasteiger partial charge >= 0.3 is 0 Å². The normalized spacial score (nSPS) is 23.4. The first kappa shape index (κ1) is 14.8. The van der Waals surface area contributed by atoms with Gasteiger partial charge in [0.15, 0.2) is 0 Å². The van der Waals surface area contributed by atoms with Crippen LogP contribution in [0.1, 0.15) is 78.1 Å². The van der Waals surface area contributed by atoms with Crippen LogP contribution in [0.3, 0.4) is 0 Å². The lowest BCUT2D eigenvalue weighted by atomic mass is 10.1. The van der Waals surface area contributed by atoms with Gasteiger partial charge in [-0.1, -0.05) is 70.9 Å². The van der Waals surface area contributed by atoms with Crippen LogP contribution in [0.2, 0.25) is 0 Å². The Hall–Kier alpha value is -0.300. The maximum absolute atomic E-state index is 5.67. The standard InChI is InChI=1S/C16H30O/c1-3-5-7-9-10-12-14-16-15(17-16)13-11-8-6-4-2/h8,11,15-16H,3-7,9-10,12-14H2,1-2H3/b11-8-. The minimum atomic E-state index is 0.554. The molecule has 1 heteroatoms. The summed E-state index contributed by atoms with van der Waals surface area (Å²) in [5.74, 6) is 0. The summed E-state index contributed by atoms with van der Waals surface area (Å²) in [6.45, 7) is 4.49. The van der Waals surface area contributed by atoms with Crippen molar-refractivity contribution in [3.63, 3.8) is 0 Å². The quantitative estimate of drug-likeness (QED) is 0.272. The van der Waals surface area contributed by atoms with Crippen molar-refractivity contribution in [1.82, 2.24) is 0 Å². The van der Waals surface area contributed by atoms with E-state index < -0.39 is 0 Å². The number of hydrogen-bond acceptors (Lipinski definition) is 1. The van der Waals surface area contributed by atoms with E-state index >= 15 is 0 Å². The Kier molecular flexibility index (Phi) is 8.42. The van der Waals surface area contributed by atoms with Gasteiger partial charge in [-0.15, -0.1) is 0 Å². The zero-order chi connectivity index (χ0) is 12.3. The third kappa shape index (κ3) is 7.59. The molecule has 0 aliphatic carbocycles. The van der Waals surface area contributed by atoms with E-state index in [1.807, 2.05) is 0 Å². The monoisotopic (exact) mass is 238 g/mol. The van der Waals surface area contributed by atoms with Gasteiger partial charge in [-0.25, -0.2) is 0 Å². The molecule has 0 N–H and O–H groups in total. The molecule has 1 rings (SSSR count). The van der Waals surface area contributed by atoms with Gasteiger partial charge in [0.25, 0.3) is 0 Å². The molecular weight excluding hydrogens is 208 g/mol. The van der Waals surface area contributed by atoms with Crippen molar-refractivity contribution in [3.05, 3.63) is 12.2 Å². The van der Waals surface area contributed by atoms with Gasteiger partial charge in [-0.05, 0) is 19.3 Å². The molecule has 1 aliphatic heterocycles. The summed E-state index contributed by atoms with van der Waals surface area (Å²) in [6, 6.07) is 0. The van der Waals surface area contributed by atoms with Crippen molar-refractivity contribution in [1.29, 1.82) is 0 Å². The molecule has 17 heavy (non-hydrogen) atoms. The molecule has 0 bridgehead atoms. The van der Waals surface area contributed by atoms with E-state index in [1.165, 1.54) is 57.8 Å². The van der Waals surface area contributed by atoms with E-state index in [1.54, 1.807) is 0 Å². The van der Waals surface area contributed by atoms with Crippen molar-refractivity contribution in [3.8, 4) is 0 Å². The number of hydrogen-bond donors (Lipinski definition) is 0. The van der Waals surface area contributed by atoms with Crippen molar-refractivity contribution in [2.75, 3.05) is 0 Å². The highest BCUT2D eigenvalue weighted by atomic mass is 16.6. The van der Waals surface area contributed by atoms with E-state index in [2.05, 4.69) is 26.0 Å². The van der Waals surface area contributed by atoms with Crippen LogP contribution in [-0.2, 0) is 4.74 Å². The van der Waals surface area contributed by atoms with Crippen LogP contribution >= 0.6 is 0 Å². The average molecular weight is 238 g/mol. The highest BCUT2D eigenvalue weighted by molar-refractivity contribution is 4.93. The third-order valence-electron chi connectivity index (χ3n) is 3.52. The molecule has 0 saturated carbocycles. The van der Waals surface area contributed by atoms with Crippen molar-refractivity contribution >= 4 is 0 Å². The van der Waals surface area contributed by atoms with Crippen molar-refractivity contribution in [2.45, 2.75) is 90.3 Å². The average Bonchev–Trinajstić information content (AvgIpc) is 3.08. The summed E-state index contributed by atoms with van der Waals surface area (Å²) in [5.41, 5.74) is 0. The van der Waals surface area contributed by atoms with Crippen LogP contribution in [0, 0.1) is 0 Å². The van der Waals surface area contributed by atoms with E-state index in [-0.39, 0.29) is 0 Å². The second-order valence-corrected chi connectivity index (χ2v) is 5.27. The Morgan fingerprint density at radius 2 is 1.59 bits per heavy atom. The SMILES string of the molecule is CCC/C=C\CC1OC1CCCCCCCC. The molecule has 1 aliphatic rings. The lowest BCUT2D eigenvalue weighted by Gasteiger charge is -1.98. The lowest BCUT2D eigenvalue weighted by Crippen LogP contribution is -1.92. The second-order valence-electron chi connectivity index (χ2n) is 5.27. The fourth-order valence-electron chi connectivity index (χ4n) is 2.28. The van der Waals surface area contributed by atoms with Gasteiger partial charge in [0.2, 0.25) is 0 Å². The topological polar surface area (TPSA) is 12.5 Å². The van der Waals surface area contributed by atoms with E-state index in [0.29, 0.717) is 12.2 Å². The molecule has 1 nitrogen and oxygen atoms in total. The first-order valence-corrected chi connectivity index (χ1v) is 7.69. The molecule has 1 fully saturated rings. The Balaban J connectivity index is 1.84. The summed E-state index contributed by atoms with van der Waals surface area (Å²) < 4.78 is 5.67.